The minimum absolute atomic E-state index is 0.0909. The van der Waals surface area contributed by atoms with E-state index < -0.39 is 0 Å². The van der Waals surface area contributed by atoms with Crippen LogP contribution in [-0.4, -0.2) is 10.5 Å². The van der Waals surface area contributed by atoms with Crippen LogP contribution in [0.5, 0.6) is 0 Å². The number of halogens is 1. The van der Waals surface area contributed by atoms with Crippen molar-refractivity contribution in [3.8, 4) is 11.1 Å². The lowest BCUT2D eigenvalue weighted by atomic mass is 9.95. The highest BCUT2D eigenvalue weighted by atomic mass is 32.1. The molecule has 0 saturated heterocycles. The quantitative estimate of drug-likeness (QED) is 0.279. The van der Waals surface area contributed by atoms with Gasteiger partial charge in [-0.05, 0) is 99.6 Å². The molecule has 0 spiro atoms. The summed E-state index contributed by atoms with van der Waals surface area (Å²) in [5, 5.41) is 13.8. The van der Waals surface area contributed by atoms with Crippen molar-refractivity contribution in [3.63, 3.8) is 0 Å². The first kappa shape index (κ1) is 24.7. The predicted molar refractivity (Wildman–Crippen MR) is 149 cm³/mol. The van der Waals surface area contributed by atoms with Crippen LogP contribution in [0.2, 0.25) is 0 Å². The van der Waals surface area contributed by atoms with Crippen molar-refractivity contribution in [2.75, 3.05) is 5.32 Å². The van der Waals surface area contributed by atoms with Crippen LogP contribution in [0, 0.1) is 37.9 Å². The third-order valence-electron chi connectivity index (χ3n) is 6.94. The van der Waals surface area contributed by atoms with Crippen molar-refractivity contribution in [3.05, 3.63) is 104 Å². The van der Waals surface area contributed by atoms with Gasteiger partial charge in [-0.15, -0.1) is 11.3 Å². The van der Waals surface area contributed by atoms with Crippen LogP contribution < -0.4 is 5.32 Å². The average Bonchev–Trinajstić information content (AvgIpc) is 3.40. The van der Waals surface area contributed by atoms with Crippen LogP contribution in [0.3, 0.4) is 0 Å². The second-order valence-electron chi connectivity index (χ2n) is 9.55. The lowest BCUT2D eigenvalue weighted by molar-refractivity contribution is 0.102. The van der Waals surface area contributed by atoms with Crippen molar-refractivity contribution in [1.29, 1.82) is 5.26 Å². The van der Waals surface area contributed by atoms with Gasteiger partial charge >= 0.3 is 0 Å². The molecular weight excluding hydrogens is 481 g/mol. The van der Waals surface area contributed by atoms with Gasteiger partial charge in [0, 0.05) is 22.0 Å². The summed E-state index contributed by atoms with van der Waals surface area (Å²) in [6.45, 7) is 6.06. The van der Waals surface area contributed by atoms with Gasteiger partial charge in [-0.3, -0.25) is 4.79 Å². The number of rotatable bonds is 5. The summed E-state index contributed by atoms with van der Waals surface area (Å²) in [6, 6.07) is 18.1. The first-order valence-electron chi connectivity index (χ1n) is 12.5. The Morgan fingerprint density at radius 1 is 1.05 bits per heavy atom. The Balaban J connectivity index is 1.59. The van der Waals surface area contributed by atoms with E-state index in [-0.39, 0.29) is 11.7 Å². The Labute approximate surface area is 220 Å². The van der Waals surface area contributed by atoms with Crippen molar-refractivity contribution in [2.45, 2.75) is 46.5 Å². The normalized spacial score (nSPS) is 13.2. The molecule has 6 heteroatoms. The third-order valence-corrected chi connectivity index (χ3v) is 8.22. The summed E-state index contributed by atoms with van der Waals surface area (Å²) < 4.78 is 15.5. The number of aryl methyl sites for hydroxylation is 3. The number of benzene rings is 2. The standard InChI is InChI=1S/C31H28FN3OS/c1-19-8-14-26(15-9-19)34-30(36)29-27-6-4-5-7-28(27)37-31(29)35-20(2)16-23(21(35)3)17-24(18-33)22-10-12-25(32)13-11-22/h8-17H,4-7H2,1-3H3,(H,34,36)/b24-17-. The lowest BCUT2D eigenvalue weighted by Gasteiger charge is -2.14. The molecule has 1 aliphatic rings. The molecule has 186 valence electrons. The van der Waals surface area contributed by atoms with Gasteiger partial charge in [-0.25, -0.2) is 4.39 Å². The van der Waals surface area contributed by atoms with E-state index in [2.05, 4.69) is 16.0 Å². The highest BCUT2D eigenvalue weighted by Gasteiger charge is 2.28. The van der Waals surface area contributed by atoms with Crippen LogP contribution in [0.1, 0.15) is 61.7 Å². The maximum atomic E-state index is 13.7. The SMILES string of the molecule is Cc1ccc(NC(=O)c2c(-n3c(C)cc(/C=C(/C#N)c4ccc(F)cc4)c3C)sc3c2CCCC3)cc1. The average molecular weight is 510 g/mol. The maximum absolute atomic E-state index is 13.7. The monoisotopic (exact) mass is 509 g/mol. The molecular formula is C31H28FN3OS. The Hall–Kier alpha value is -3.95. The minimum atomic E-state index is -0.336. The van der Waals surface area contributed by atoms with E-state index in [1.807, 2.05) is 57.2 Å². The second-order valence-corrected chi connectivity index (χ2v) is 10.6. The molecule has 1 N–H and O–H groups in total. The van der Waals surface area contributed by atoms with Gasteiger partial charge in [0.1, 0.15) is 10.8 Å². The van der Waals surface area contributed by atoms with E-state index in [1.54, 1.807) is 23.5 Å². The number of anilines is 1. The summed E-state index contributed by atoms with van der Waals surface area (Å²) in [6.07, 6.45) is 5.94. The zero-order valence-corrected chi connectivity index (χ0v) is 22.0. The largest absolute Gasteiger partial charge is 0.322 e. The number of hydrogen-bond acceptors (Lipinski definition) is 3. The number of nitrogens with one attached hydrogen (secondary N) is 1. The number of nitriles is 1. The summed E-state index contributed by atoms with van der Waals surface area (Å²) in [4.78, 5) is 15.0. The van der Waals surface area contributed by atoms with Crippen molar-refractivity contribution >= 4 is 34.6 Å². The van der Waals surface area contributed by atoms with Gasteiger partial charge < -0.3 is 9.88 Å². The maximum Gasteiger partial charge on any atom is 0.258 e. The molecule has 1 amide bonds. The van der Waals surface area contributed by atoms with Gasteiger partial charge in [-0.1, -0.05) is 29.8 Å². The number of carbonyl (C=O) groups is 1. The van der Waals surface area contributed by atoms with Crippen molar-refractivity contribution < 1.29 is 9.18 Å². The van der Waals surface area contributed by atoms with Gasteiger partial charge in [0.2, 0.25) is 0 Å². The fourth-order valence-corrected chi connectivity index (χ4v) is 6.48. The molecule has 0 bridgehead atoms. The first-order valence-corrected chi connectivity index (χ1v) is 13.3. The summed E-state index contributed by atoms with van der Waals surface area (Å²) in [5.41, 5.74) is 7.79. The number of fused-ring (bicyclic) bond motifs is 1. The number of aromatic nitrogens is 1. The molecule has 5 rings (SSSR count). The molecule has 0 radical (unpaired) electrons. The first-order chi connectivity index (χ1) is 17.9. The van der Waals surface area contributed by atoms with Crippen molar-refractivity contribution in [2.24, 2.45) is 0 Å². The molecule has 4 nitrogen and oxygen atoms in total. The number of carbonyl (C=O) groups excluding carboxylic acids is 1. The van der Waals surface area contributed by atoms with Gasteiger partial charge in [0.15, 0.2) is 0 Å². The van der Waals surface area contributed by atoms with Crippen LogP contribution >= 0.6 is 11.3 Å². The van der Waals surface area contributed by atoms with E-state index in [0.717, 1.165) is 70.0 Å². The Kier molecular flexibility index (Phi) is 6.82. The van der Waals surface area contributed by atoms with E-state index >= 15 is 0 Å². The number of hydrogen-bond donors (Lipinski definition) is 1. The van der Waals surface area contributed by atoms with E-state index in [1.165, 1.54) is 17.0 Å². The molecule has 2 heterocycles. The van der Waals surface area contributed by atoms with Gasteiger partial charge in [0.25, 0.3) is 5.91 Å². The minimum Gasteiger partial charge on any atom is -0.322 e. The summed E-state index contributed by atoms with van der Waals surface area (Å²) in [7, 11) is 0. The van der Waals surface area contributed by atoms with Crippen LogP contribution in [-0.2, 0) is 12.8 Å². The molecule has 0 fully saturated rings. The summed E-state index contributed by atoms with van der Waals surface area (Å²) >= 11 is 1.70. The molecule has 2 aromatic heterocycles. The smallest absolute Gasteiger partial charge is 0.258 e. The van der Waals surface area contributed by atoms with Gasteiger partial charge in [0.05, 0.1) is 17.2 Å². The van der Waals surface area contributed by atoms with Crippen LogP contribution in [0.15, 0.2) is 54.6 Å². The zero-order valence-electron chi connectivity index (χ0n) is 21.2. The van der Waals surface area contributed by atoms with E-state index in [9.17, 15) is 14.4 Å². The fraction of sp³-hybridized carbons (Fsp3) is 0.226. The van der Waals surface area contributed by atoms with Crippen LogP contribution in [0.4, 0.5) is 10.1 Å². The van der Waals surface area contributed by atoms with Gasteiger partial charge in [-0.2, -0.15) is 5.26 Å². The lowest BCUT2D eigenvalue weighted by Crippen LogP contribution is -2.17. The number of allylic oxidation sites excluding steroid dienone is 1. The Bertz CT molecular complexity index is 1550. The topological polar surface area (TPSA) is 57.8 Å². The fourth-order valence-electron chi connectivity index (χ4n) is 4.98. The van der Waals surface area contributed by atoms with E-state index in [0.29, 0.717) is 11.1 Å². The van der Waals surface area contributed by atoms with Crippen LogP contribution in [0.25, 0.3) is 16.7 Å². The number of amides is 1. The molecule has 0 saturated carbocycles. The second kappa shape index (κ2) is 10.2. The molecule has 0 atom stereocenters. The Morgan fingerprint density at radius 3 is 2.46 bits per heavy atom. The zero-order chi connectivity index (χ0) is 26.1. The number of thiophene rings is 1. The molecule has 0 aliphatic heterocycles. The molecule has 4 aromatic rings. The predicted octanol–water partition coefficient (Wildman–Crippen LogP) is 7.80. The highest BCUT2D eigenvalue weighted by molar-refractivity contribution is 7.15. The third kappa shape index (κ3) is 4.87. The Morgan fingerprint density at radius 2 is 1.76 bits per heavy atom. The number of nitrogens with zero attached hydrogens (tertiary/aromatic N) is 2. The molecule has 2 aromatic carbocycles. The summed E-state index contributed by atoms with van der Waals surface area (Å²) in [5.74, 6) is -0.427. The highest BCUT2D eigenvalue weighted by Crippen LogP contribution is 2.39. The molecule has 0 unspecified atom stereocenters. The van der Waals surface area contributed by atoms with E-state index in [4.69, 9.17) is 0 Å². The molecule has 37 heavy (non-hydrogen) atoms. The van der Waals surface area contributed by atoms with Crippen molar-refractivity contribution in [1.82, 2.24) is 4.57 Å². The molecule has 1 aliphatic carbocycles.